The highest BCUT2D eigenvalue weighted by molar-refractivity contribution is 9.10. The second-order valence-electron chi connectivity index (χ2n) is 3.75. The molecule has 0 heterocycles. The van der Waals surface area contributed by atoms with Crippen LogP contribution in [0.4, 0.5) is 11.4 Å². The van der Waals surface area contributed by atoms with E-state index in [1.807, 2.05) is 6.92 Å². The number of methoxy groups -OCH3 is 1. The standard InChI is InChI=1S/C11H15BrN2O3/c1-8(5-6-17-2)13-10-7-9(12)3-4-11(10)14(15)16/h3-4,7-8,13H,5-6H2,1-2H3. The van der Waals surface area contributed by atoms with Crippen LogP contribution in [0.15, 0.2) is 22.7 Å². The van der Waals surface area contributed by atoms with Crippen molar-refractivity contribution in [1.82, 2.24) is 0 Å². The summed E-state index contributed by atoms with van der Waals surface area (Å²) in [5, 5.41) is 14.0. The zero-order chi connectivity index (χ0) is 12.8. The van der Waals surface area contributed by atoms with E-state index in [0.29, 0.717) is 12.3 Å². The average molecular weight is 303 g/mol. The van der Waals surface area contributed by atoms with Gasteiger partial charge in [0.05, 0.1) is 4.92 Å². The lowest BCUT2D eigenvalue weighted by Crippen LogP contribution is -2.17. The molecule has 1 unspecified atom stereocenters. The van der Waals surface area contributed by atoms with Gasteiger partial charge < -0.3 is 10.1 Å². The summed E-state index contributed by atoms with van der Waals surface area (Å²) in [6.45, 7) is 2.58. The van der Waals surface area contributed by atoms with Gasteiger partial charge in [0.1, 0.15) is 5.69 Å². The van der Waals surface area contributed by atoms with Gasteiger partial charge in [0.2, 0.25) is 0 Å². The van der Waals surface area contributed by atoms with E-state index in [1.54, 1.807) is 19.2 Å². The molecule has 0 spiro atoms. The summed E-state index contributed by atoms with van der Waals surface area (Å²) in [6, 6.07) is 4.96. The highest BCUT2D eigenvalue weighted by Gasteiger charge is 2.15. The van der Waals surface area contributed by atoms with Crippen molar-refractivity contribution in [3.05, 3.63) is 32.8 Å². The number of halogens is 1. The van der Waals surface area contributed by atoms with Gasteiger partial charge in [-0.3, -0.25) is 10.1 Å². The highest BCUT2D eigenvalue weighted by atomic mass is 79.9. The minimum Gasteiger partial charge on any atom is -0.385 e. The van der Waals surface area contributed by atoms with Gasteiger partial charge in [0.25, 0.3) is 5.69 Å². The summed E-state index contributed by atoms with van der Waals surface area (Å²) >= 11 is 3.30. The summed E-state index contributed by atoms with van der Waals surface area (Å²) < 4.78 is 5.78. The molecule has 0 bridgehead atoms. The molecule has 0 saturated carbocycles. The molecule has 0 aliphatic carbocycles. The maximum Gasteiger partial charge on any atom is 0.292 e. The van der Waals surface area contributed by atoms with Gasteiger partial charge in [-0.05, 0) is 25.5 Å². The van der Waals surface area contributed by atoms with Crippen molar-refractivity contribution in [1.29, 1.82) is 0 Å². The first-order valence-electron chi connectivity index (χ1n) is 5.24. The Morgan fingerprint density at radius 2 is 2.29 bits per heavy atom. The molecule has 0 aliphatic rings. The Kier molecular flexibility index (Phi) is 5.37. The fourth-order valence-corrected chi connectivity index (χ4v) is 1.78. The summed E-state index contributed by atoms with van der Waals surface area (Å²) in [6.07, 6.45) is 0.792. The second-order valence-corrected chi connectivity index (χ2v) is 4.66. The number of nitrogens with zero attached hydrogens (tertiary/aromatic N) is 1. The highest BCUT2D eigenvalue weighted by Crippen LogP contribution is 2.28. The minimum atomic E-state index is -0.391. The molecule has 0 aliphatic heterocycles. The minimum absolute atomic E-state index is 0.0810. The molecule has 1 rings (SSSR count). The first-order chi connectivity index (χ1) is 8.04. The van der Waals surface area contributed by atoms with Crippen molar-refractivity contribution in [3.8, 4) is 0 Å². The summed E-state index contributed by atoms with van der Waals surface area (Å²) in [5.74, 6) is 0. The van der Waals surface area contributed by atoms with E-state index in [2.05, 4.69) is 21.2 Å². The molecule has 0 amide bonds. The molecular formula is C11H15BrN2O3. The number of hydrogen-bond acceptors (Lipinski definition) is 4. The van der Waals surface area contributed by atoms with Gasteiger partial charge in [-0.25, -0.2) is 0 Å². The Labute approximate surface area is 108 Å². The van der Waals surface area contributed by atoms with Gasteiger partial charge in [-0.2, -0.15) is 0 Å². The maximum absolute atomic E-state index is 10.9. The van der Waals surface area contributed by atoms with Crippen LogP contribution < -0.4 is 5.32 Å². The van der Waals surface area contributed by atoms with Gasteiger partial charge in [-0.15, -0.1) is 0 Å². The predicted molar refractivity (Wildman–Crippen MR) is 70.4 cm³/mol. The third-order valence-electron chi connectivity index (χ3n) is 2.31. The van der Waals surface area contributed by atoms with E-state index in [4.69, 9.17) is 4.74 Å². The van der Waals surface area contributed by atoms with Crippen LogP contribution in [0.2, 0.25) is 0 Å². The monoisotopic (exact) mass is 302 g/mol. The van der Waals surface area contributed by atoms with Crippen molar-refractivity contribution < 1.29 is 9.66 Å². The summed E-state index contributed by atoms with van der Waals surface area (Å²) in [4.78, 5) is 10.5. The number of ether oxygens (including phenoxy) is 1. The Morgan fingerprint density at radius 1 is 1.59 bits per heavy atom. The van der Waals surface area contributed by atoms with Crippen molar-refractivity contribution in [2.45, 2.75) is 19.4 Å². The SMILES string of the molecule is COCCC(C)Nc1cc(Br)ccc1[N+](=O)[O-]. The van der Waals surface area contributed by atoms with Crippen LogP contribution in [0.5, 0.6) is 0 Å². The molecular weight excluding hydrogens is 288 g/mol. The van der Waals surface area contributed by atoms with Crippen LogP contribution in [-0.2, 0) is 4.74 Å². The van der Waals surface area contributed by atoms with E-state index in [9.17, 15) is 10.1 Å². The van der Waals surface area contributed by atoms with Crippen LogP contribution in [0.25, 0.3) is 0 Å². The van der Waals surface area contributed by atoms with Crippen LogP contribution in [-0.4, -0.2) is 24.7 Å². The Hall–Kier alpha value is -1.14. The molecule has 1 aromatic rings. The molecule has 0 fully saturated rings. The van der Waals surface area contributed by atoms with Crippen molar-refractivity contribution in [3.63, 3.8) is 0 Å². The fraction of sp³-hybridized carbons (Fsp3) is 0.455. The first kappa shape index (κ1) is 13.9. The number of nitro benzene ring substituents is 1. The third-order valence-corrected chi connectivity index (χ3v) is 2.81. The fourth-order valence-electron chi connectivity index (χ4n) is 1.42. The number of benzene rings is 1. The Morgan fingerprint density at radius 3 is 2.88 bits per heavy atom. The molecule has 1 aromatic carbocycles. The van der Waals surface area contributed by atoms with Crippen LogP contribution in [0, 0.1) is 10.1 Å². The molecule has 5 nitrogen and oxygen atoms in total. The van der Waals surface area contributed by atoms with Gasteiger partial charge >= 0.3 is 0 Å². The summed E-state index contributed by atoms with van der Waals surface area (Å²) in [5.41, 5.74) is 0.602. The molecule has 6 heteroatoms. The lowest BCUT2D eigenvalue weighted by atomic mass is 10.2. The van der Waals surface area contributed by atoms with Crippen LogP contribution in [0.1, 0.15) is 13.3 Å². The largest absolute Gasteiger partial charge is 0.385 e. The summed E-state index contributed by atoms with van der Waals surface area (Å²) in [7, 11) is 1.63. The lowest BCUT2D eigenvalue weighted by molar-refractivity contribution is -0.384. The topological polar surface area (TPSA) is 64.4 Å². The number of rotatable bonds is 6. The van der Waals surface area contributed by atoms with E-state index < -0.39 is 4.92 Å². The van der Waals surface area contributed by atoms with Gasteiger partial charge in [-0.1, -0.05) is 15.9 Å². The van der Waals surface area contributed by atoms with Gasteiger partial charge in [0, 0.05) is 30.3 Å². The Bertz CT molecular complexity index is 398. The molecule has 0 aromatic heterocycles. The van der Waals surface area contributed by atoms with Crippen molar-refractivity contribution >= 4 is 27.3 Å². The van der Waals surface area contributed by atoms with E-state index in [1.165, 1.54) is 6.07 Å². The van der Waals surface area contributed by atoms with E-state index in [0.717, 1.165) is 10.9 Å². The van der Waals surface area contributed by atoms with Crippen molar-refractivity contribution in [2.24, 2.45) is 0 Å². The third kappa shape index (κ3) is 4.32. The molecule has 94 valence electrons. The Balaban J connectivity index is 2.81. The molecule has 1 atom stereocenters. The van der Waals surface area contributed by atoms with Crippen molar-refractivity contribution in [2.75, 3.05) is 19.0 Å². The quantitative estimate of drug-likeness (QED) is 0.647. The zero-order valence-corrected chi connectivity index (χ0v) is 11.4. The zero-order valence-electron chi connectivity index (χ0n) is 9.77. The number of anilines is 1. The second kappa shape index (κ2) is 6.56. The molecule has 0 radical (unpaired) electrons. The number of hydrogen-bond donors (Lipinski definition) is 1. The van der Waals surface area contributed by atoms with Crippen LogP contribution >= 0.6 is 15.9 Å². The number of nitro groups is 1. The van der Waals surface area contributed by atoms with Crippen LogP contribution in [0.3, 0.4) is 0 Å². The average Bonchev–Trinajstić information content (AvgIpc) is 2.26. The molecule has 1 N–H and O–H groups in total. The van der Waals surface area contributed by atoms with E-state index in [-0.39, 0.29) is 11.7 Å². The van der Waals surface area contributed by atoms with E-state index >= 15 is 0 Å². The lowest BCUT2D eigenvalue weighted by Gasteiger charge is -2.14. The normalized spacial score (nSPS) is 12.2. The smallest absolute Gasteiger partial charge is 0.292 e. The molecule has 0 saturated heterocycles. The molecule has 17 heavy (non-hydrogen) atoms. The predicted octanol–water partition coefficient (Wildman–Crippen LogP) is 3.19. The number of nitrogens with one attached hydrogen (secondary N) is 1. The van der Waals surface area contributed by atoms with Gasteiger partial charge in [0.15, 0.2) is 0 Å². The first-order valence-corrected chi connectivity index (χ1v) is 6.03. The maximum atomic E-state index is 10.9.